The third kappa shape index (κ3) is 6.34. The summed E-state index contributed by atoms with van der Waals surface area (Å²) in [5.74, 6) is 0.848. The molecule has 0 radical (unpaired) electrons. The number of hydrogen-bond donors (Lipinski definition) is 1. The van der Waals surface area contributed by atoms with Gasteiger partial charge in [-0.1, -0.05) is 6.92 Å². The van der Waals surface area contributed by atoms with E-state index in [0.29, 0.717) is 19.0 Å². The first kappa shape index (κ1) is 23.7. The summed E-state index contributed by atoms with van der Waals surface area (Å²) < 4.78 is 6.35. The monoisotopic (exact) mass is 458 g/mol. The third-order valence-electron chi connectivity index (χ3n) is 7.10. The normalized spacial score (nSPS) is 20.8. The zero-order valence-electron chi connectivity index (χ0n) is 19.9. The average Bonchev–Trinajstić information content (AvgIpc) is 3.57. The van der Waals surface area contributed by atoms with Crippen LogP contribution < -0.4 is 10.1 Å². The molecule has 0 saturated carbocycles. The number of nitrogens with one attached hydrogen (secondary N) is 1. The number of rotatable bonds is 8. The van der Waals surface area contributed by atoms with Crippen molar-refractivity contribution < 1.29 is 14.3 Å². The molecule has 0 aliphatic carbocycles. The van der Waals surface area contributed by atoms with Crippen molar-refractivity contribution in [3.8, 4) is 5.88 Å². The van der Waals surface area contributed by atoms with Gasteiger partial charge in [-0.15, -0.1) is 0 Å². The molecule has 1 N–H and O–H groups in total. The molecule has 3 aliphatic heterocycles. The number of piperidine rings is 1. The Bertz CT molecular complexity index is 786. The summed E-state index contributed by atoms with van der Waals surface area (Å²) in [5.41, 5.74) is 0.909. The van der Waals surface area contributed by atoms with Gasteiger partial charge in [0.25, 0.3) is 0 Å². The van der Waals surface area contributed by atoms with Crippen LogP contribution in [0, 0.1) is 0 Å². The summed E-state index contributed by atoms with van der Waals surface area (Å²) in [5, 5.41) is 2.78. The van der Waals surface area contributed by atoms with Crippen LogP contribution in [0.25, 0.3) is 0 Å². The lowest BCUT2D eigenvalue weighted by Gasteiger charge is -2.32. The second-order valence-electron chi connectivity index (χ2n) is 9.41. The van der Waals surface area contributed by atoms with Crippen molar-refractivity contribution in [2.75, 3.05) is 52.4 Å². The van der Waals surface area contributed by atoms with E-state index in [1.54, 1.807) is 17.3 Å². The van der Waals surface area contributed by atoms with Gasteiger partial charge in [0.05, 0.1) is 6.54 Å². The highest BCUT2D eigenvalue weighted by molar-refractivity contribution is 5.84. The van der Waals surface area contributed by atoms with E-state index in [-0.39, 0.29) is 30.5 Å². The fourth-order valence-corrected chi connectivity index (χ4v) is 5.06. The quantitative estimate of drug-likeness (QED) is 0.643. The van der Waals surface area contributed by atoms with E-state index in [0.717, 1.165) is 70.5 Å². The zero-order chi connectivity index (χ0) is 23.0. The van der Waals surface area contributed by atoms with Gasteiger partial charge in [0.15, 0.2) is 0 Å². The summed E-state index contributed by atoms with van der Waals surface area (Å²) in [6.45, 7) is 8.33. The van der Waals surface area contributed by atoms with E-state index in [1.807, 2.05) is 4.90 Å². The van der Waals surface area contributed by atoms with Gasteiger partial charge in [-0.2, -0.15) is 0 Å². The van der Waals surface area contributed by atoms with Crippen LogP contribution in [0.1, 0.15) is 63.5 Å². The van der Waals surface area contributed by atoms with Crippen LogP contribution >= 0.6 is 0 Å². The number of carbonyl (C=O) groups excluding carboxylic acids is 2. The molecule has 9 nitrogen and oxygen atoms in total. The van der Waals surface area contributed by atoms with Gasteiger partial charge in [-0.05, 0) is 58.0 Å². The Kier molecular flexibility index (Phi) is 8.36. The molecule has 0 spiro atoms. The number of carbonyl (C=O) groups is 2. The van der Waals surface area contributed by atoms with Crippen molar-refractivity contribution in [2.45, 2.75) is 63.9 Å². The Morgan fingerprint density at radius 2 is 1.67 bits per heavy atom. The van der Waals surface area contributed by atoms with Crippen LogP contribution in [0.3, 0.4) is 0 Å². The van der Waals surface area contributed by atoms with E-state index in [2.05, 4.69) is 27.1 Å². The van der Waals surface area contributed by atoms with Gasteiger partial charge in [0.1, 0.15) is 11.8 Å². The second kappa shape index (κ2) is 11.6. The Hall–Kier alpha value is -2.42. The van der Waals surface area contributed by atoms with E-state index in [9.17, 15) is 9.59 Å². The Morgan fingerprint density at radius 3 is 2.36 bits per heavy atom. The third-order valence-corrected chi connectivity index (χ3v) is 7.10. The first-order chi connectivity index (χ1) is 16.1. The molecule has 1 atom stereocenters. The van der Waals surface area contributed by atoms with Crippen LogP contribution in [0.2, 0.25) is 0 Å². The predicted octanol–water partition coefficient (Wildman–Crippen LogP) is 2.24. The minimum atomic E-state index is -0.128. The standard InChI is InChI=1S/C24H38N6O3/c1-2-20(18-28-11-3-4-12-28)33-23-22(25-9-10-26-23)19-7-15-29(16-8-19)21(31)17-27-24(32)30-13-5-6-14-30/h9-10,19-20H,2-8,11-18H2,1H3,(H,27,32). The molecule has 4 rings (SSSR count). The van der Waals surface area contributed by atoms with Crippen molar-refractivity contribution in [2.24, 2.45) is 0 Å². The number of nitrogens with zero attached hydrogens (tertiary/aromatic N) is 5. The van der Waals surface area contributed by atoms with E-state index in [4.69, 9.17) is 4.74 Å². The highest BCUT2D eigenvalue weighted by atomic mass is 16.5. The molecule has 3 amide bonds. The molecule has 1 aromatic rings. The van der Waals surface area contributed by atoms with Crippen molar-refractivity contribution in [3.05, 3.63) is 18.1 Å². The maximum atomic E-state index is 12.6. The fraction of sp³-hybridized carbons (Fsp3) is 0.750. The lowest BCUT2D eigenvalue weighted by Crippen LogP contribution is -2.46. The lowest BCUT2D eigenvalue weighted by atomic mass is 9.93. The molecule has 3 fully saturated rings. The topological polar surface area (TPSA) is 90.9 Å². The number of hydrogen-bond acceptors (Lipinski definition) is 6. The van der Waals surface area contributed by atoms with Crippen LogP contribution in [0.15, 0.2) is 12.4 Å². The van der Waals surface area contributed by atoms with Crippen molar-refractivity contribution in [1.82, 2.24) is 30.0 Å². The molecule has 1 unspecified atom stereocenters. The summed E-state index contributed by atoms with van der Waals surface area (Å²) in [4.78, 5) is 40.0. The van der Waals surface area contributed by atoms with Crippen molar-refractivity contribution >= 4 is 11.9 Å². The molecular formula is C24H38N6O3. The molecular weight excluding hydrogens is 420 g/mol. The highest BCUT2D eigenvalue weighted by Gasteiger charge is 2.29. The van der Waals surface area contributed by atoms with Crippen LogP contribution in [-0.4, -0.2) is 95.1 Å². The molecule has 4 heterocycles. The molecule has 182 valence electrons. The number of likely N-dealkylation sites (tertiary alicyclic amines) is 3. The second-order valence-corrected chi connectivity index (χ2v) is 9.41. The van der Waals surface area contributed by atoms with E-state index in [1.165, 1.54) is 12.8 Å². The van der Waals surface area contributed by atoms with E-state index >= 15 is 0 Å². The smallest absolute Gasteiger partial charge is 0.317 e. The summed E-state index contributed by atoms with van der Waals surface area (Å²) in [6.07, 6.45) is 10.7. The SMILES string of the molecule is CCC(CN1CCCC1)Oc1nccnc1C1CCN(C(=O)CNC(=O)N2CCCC2)CC1. The zero-order valence-corrected chi connectivity index (χ0v) is 19.9. The van der Waals surface area contributed by atoms with Gasteiger partial charge in [0.2, 0.25) is 11.8 Å². The molecule has 3 aliphatic rings. The minimum Gasteiger partial charge on any atom is -0.472 e. The first-order valence-corrected chi connectivity index (χ1v) is 12.6. The minimum absolute atomic E-state index is 0.0201. The maximum Gasteiger partial charge on any atom is 0.317 e. The number of ether oxygens (including phenoxy) is 1. The van der Waals surface area contributed by atoms with Gasteiger partial charge in [0, 0.05) is 51.0 Å². The lowest BCUT2D eigenvalue weighted by molar-refractivity contribution is -0.131. The predicted molar refractivity (Wildman–Crippen MR) is 125 cm³/mol. The van der Waals surface area contributed by atoms with Crippen LogP contribution in [-0.2, 0) is 4.79 Å². The molecule has 9 heteroatoms. The summed E-state index contributed by atoms with van der Waals surface area (Å²) >= 11 is 0. The Morgan fingerprint density at radius 1 is 1.00 bits per heavy atom. The molecule has 1 aromatic heterocycles. The Balaban J connectivity index is 1.27. The van der Waals surface area contributed by atoms with Crippen LogP contribution in [0.4, 0.5) is 4.79 Å². The van der Waals surface area contributed by atoms with Crippen molar-refractivity contribution in [3.63, 3.8) is 0 Å². The van der Waals surface area contributed by atoms with Gasteiger partial charge < -0.3 is 19.9 Å². The molecule has 0 bridgehead atoms. The van der Waals surface area contributed by atoms with Gasteiger partial charge in [-0.3, -0.25) is 14.7 Å². The number of amides is 3. The van der Waals surface area contributed by atoms with Gasteiger partial charge in [-0.25, -0.2) is 9.78 Å². The van der Waals surface area contributed by atoms with Crippen LogP contribution in [0.5, 0.6) is 5.88 Å². The maximum absolute atomic E-state index is 12.6. The van der Waals surface area contributed by atoms with Crippen molar-refractivity contribution in [1.29, 1.82) is 0 Å². The van der Waals surface area contributed by atoms with E-state index < -0.39 is 0 Å². The summed E-state index contributed by atoms with van der Waals surface area (Å²) in [7, 11) is 0. The largest absolute Gasteiger partial charge is 0.472 e. The molecule has 3 saturated heterocycles. The number of aromatic nitrogens is 2. The fourth-order valence-electron chi connectivity index (χ4n) is 5.06. The average molecular weight is 459 g/mol. The first-order valence-electron chi connectivity index (χ1n) is 12.6. The molecule has 33 heavy (non-hydrogen) atoms. The molecule has 0 aromatic carbocycles. The van der Waals surface area contributed by atoms with Gasteiger partial charge >= 0.3 is 6.03 Å². The summed E-state index contributed by atoms with van der Waals surface area (Å²) in [6, 6.07) is -0.128. The number of urea groups is 1. The highest BCUT2D eigenvalue weighted by Crippen LogP contribution is 2.32. The Labute approximate surface area is 196 Å².